The maximum absolute atomic E-state index is 3.65. The molecule has 1 saturated heterocycles. The molecule has 0 bridgehead atoms. The van der Waals surface area contributed by atoms with E-state index in [0.717, 1.165) is 0 Å². The van der Waals surface area contributed by atoms with Crippen molar-refractivity contribution in [2.24, 2.45) is 0 Å². The summed E-state index contributed by atoms with van der Waals surface area (Å²) in [5, 5.41) is 3.65. The van der Waals surface area contributed by atoms with Crippen LogP contribution in [0.4, 0.5) is 5.69 Å². The highest BCUT2D eigenvalue weighted by atomic mass is 15.1. The van der Waals surface area contributed by atoms with Crippen LogP contribution in [0.2, 0.25) is 0 Å². The van der Waals surface area contributed by atoms with Crippen molar-refractivity contribution in [2.45, 2.75) is 45.2 Å². The number of para-hydroxylation sites is 1. The molecule has 1 N–H and O–H groups in total. The minimum Gasteiger partial charge on any atom is -0.382 e. The molecule has 1 aromatic carbocycles. The molecule has 1 aliphatic rings. The van der Waals surface area contributed by atoms with Gasteiger partial charge < -0.3 is 10.2 Å². The van der Waals surface area contributed by atoms with E-state index in [9.17, 15) is 0 Å². The summed E-state index contributed by atoms with van der Waals surface area (Å²) in [6.07, 6.45) is 3.86. The molecule has 17 heavy (non-hydrogen) atoms. The topological polar surface area (TPSA) is 15.3 Å². The normalized spacial score (nSPS) is 22.4. The van der Waals surface area contributed by atoms with Gasteiger partial charge in [0.05, 0.1) is 0 Å². The molecule has 1 atom stereocenters. The summed E-state index contributed by atoms with van der Waals surface area (Å²) in [5.74, 6) is 0. The first-order valence-electron chi connectivity index (χ1n) is 6.81. The number of nitrogens with zero attached hydrogens (tertiary/aromatic N) is 1. The van der Waals surface area contributed by atoms with Gasteiger partial charge in [0, 0.05) is 24.3 Å². The number of benzene rings is 1. The summed E-state index contributed by atoms with van der Waals surface area (Å²) in [6.45, 7) is 7.07. The van der Waals surface area contributed by atoms with Crippen LogP contribution in [0, 0.1) is 0 Å². The largest absolute Gasteiger partial charge is 0.382 e. The first-order chi connectivity index (χ1) is 8.25. The average molecular weight is 232 g/mol. The van der Waals surface area contributed by atoms with Gasteiger partial charge >= 0.3 is 0 Å². The molecule has 0 spiro atoms. The Kier molecular flexibility index (Phi) is 4.43. The van der Waals surface area contributed by atoms with Crippen LogP contribution in [0.25, 0.3) is 0 Å². The molecule has 0 amide bonds. The SMILES string of the molecule is CC(C)N1CCCC(Nc2ccccc2)CC1. The molecule has 2 heteroatoms. The quantitative estimate of drug-likeness (QED) is 0.859. The third-order valence-corrected chi connectivity index (χ3v) is 3.64. The summed E-state index contributed by atoms with van der Waals surface area (Å²) in [6, 6.07) is 11.9. The number of rotatable bonds is 3. The van der Waals surface area contributed by atoms with E-state index >= 15 is 0 Å². The van der Waals surface area contributed by atoms with Crippen LogP contribution < -0.4 is 5.32 Å². The molecular formula is C15H24N2. The maximum atomic E-state index is 3.65. The van der Waals surface area contributed by atoms with E-state index in [4.69, 9.17) is 0 Å². The van der Waals surface area contributed by atoms with Crippen LogP contribution in [-0.2, 0) is 0 Å². The van der Waals surface area contributed by atoms with Crippen LogP contribution in [-0.4, -0.2) is 30.1 Å². The monoisotopic (exact) mass is 232 g/mol. The Labute approximate surface area is 105 Å². The molecule has 2 nitrogen and oxygen atoms in total. The average Bonchev–Trinajstić information content (AvgIpc) is 2.56. The van der Waals surface area contributed by atoms with E-state index in [1.54, 1.807) is 0 Å². The van der Waals surface area contributed by atoms with Gasteiger partial charge in [-0.15, -0.1) is 0 Å². The molecule has 1 unspecified atom stereocenters. The van der Waals surface area contributed by atoms with Gasteiger partial charge in [0.25, 0.3) is 0 Å². The zero-order chi connectivity index (χ0) is 12.1. The molecule has 1 aromatic rings. The lowest BCUT2D eigenvalue weighted by Gasteiger charge is -2.24. The van der Waals surface area contributed by atoms with E-state index in [1.807, 2.05) is 0 Å². The fraction of sp³-hybridized carbons (Fsp3) is 0.600. The van der Waals surface area contributed by atoms with Gasteiger partial charge in [0.2, 0.25) is 0 Å². The lowest BCUT2D eigenvalue weighted by molar-refractivity contribution is 0.230. The smallest absolute Gasteiger partial charge is 0.0342 e. The highest BCUT2D eigenvalue weighted by Crippen LogP contribution is 2.17. The van der Waals surface area contributed by atoms with Crippen LogP contribution in [0.3, 0.4) is 0 Å². The van der Waals surface area contributed by atoms with Crippen molar-refractivity contribution in [3.05, 3.63) is 30.3 Å². The molecule has 0 aliphatic carbocycles. The Bertz CT molecular complexity index is 321. The van der Waals surface area contributed by atoms with Crippen molar-refractivity contribution in [1.29, 1.82) is 0 Å². The first kappa shape index (κ1) is 12.4. The fourth-order valence-corrected chi connectivity index (χ4v) is 2.55. The van der Waals surface area contributed by atoms with E-state index in [2.05, 4.69) is 54.4 Å². The Morgan fingerprint density at radius 3 is 2.59 bits per heavy atom. The lowest BCUT2D eigenvalue weighted by Crippen LogP contribution is -2.32. The maximum Gasteiger partial charge on any atom is 0.0342 e. The molecule has 0 radical (unpaired) electrons. The van der Waals surface area contributed by atoms with Crippen molar-refractivity contribution < 1.29 is 0 Å². The van der Waals surface area contributed by atoms with Crippen LogP contribution in [0.5, 0.6) is 0 Å². The molecule has 0 aromatic heterocycles. The van der Waals surface area contributed by atoms with E-state index in [1.165, 1.54) is 38.0 Å². The van der Waals surface area contributed by atoms with Gasteiger partial charge in [-0.25, -0.2) is 0 Å². The van der Waals surface area contributed by atoms with Crippen LogP contribution in [0.1, 0.15) is 33.1 Å². The van der Waals surface area contributed by atoms with Gasteiger partial charge in [-0.1, -0.05) is 18.2 Å². The van der Waals surface area contributed by atoms with Crippen LogP contribution >= 0.6 is 0 Å². The van der Waals surface area contributed by atoms with Crippen molar-refractivity contribution in [3.8, 4) is 0 Å². The minimum atomic E-state index is 0.640. The predicted molar refractivity (Wildman–Crippen MR) is 74.4 cm³/mol. The summed E-state index contributed by atoms with van der Waals surface area (Å²) >= 11 is 0. The second-order valence-electron chi connectivity index (χ2n) is 5.27. The van der Waals surface area contributed by atoms with E-state index < -0.39 is 0 Å². The zero-order valence-electron chi connectivity index (χ0n) is 11.0. The first-order valence-corrected chi connectivity index (χ1v) is 6.81. The summed E-state index contributed by atoms with van der Waals surface area (Å²) in [5.41, 5.74) is 1.26. The zero-order valence-corrected chi connectivity index (χ0v) is 11.0. The highest BCUT2D eigenvalue weighted by Gasteiger charge is 2.18. The highest BCUT2D eigenvalue weighted by molar-refractivity contribution is 5.43. The van der Waals surface area contributed by atoms with Gasteiger partial charge in [-0.2, -0.15) is 0 Å². The van der Waals surface area contributed by atoms with Crippen LogP contribution in [0.15, 0.2) is 30.3 Å². The number of hydrogen-bond acceptors (Lipinski definition) is 2. The Morgan fingerprint density at radius 2 is 1.88 bits per heavy atom. The fourth-order valence-electron chi connectivity index (χ4n) is 2.55. The minimum absolute atomic E-state index is 0.640. The van der Waals surface area contributed by atoms with E-state index in [0.29, 0.717) is 12.1 Å². The molecule has 1 heterocycles. The van der Waals surface area contributed by atoms with Gasteiger partial charge in [0.15, 0.2) is 0 Å². The van der Waals surface area contributed by atoms with E-state index in [-0.39, 0.29) is 0 Å². The molecule has 94 valence electrons. The predicted octanol–water partition coefficient (Wildman–Crippen LogP) is 3.36. The third-order valence-electron chi connectivity index (χ3n) is 3.64. The van der Waals surface area contributed by atoms with Gasteiger partial charge in [0.1, 0.15) is 0 Å². The summed E-state index contributed by atoms with van der Waals surface area (Å²) in [4.78, 5) is 2.59. The van der Waals surface area contributed by atoms with Gasteiger partial charge in [-0.05, 0) is 51.8 Å². The van der Waals surface area contributed by atoms with Crippen molar-refractivity contribution in [2.75, 3.05) is 18.4 Å². The molecule has 2 rings (SSSR count). The Hall–Kier alpha value is -1.02. The van der Waals surface area contributed by atoms with Crippen molar-refractivity contribution in [1.82, 2.24) is 4.90 Å². The molecular weight excluding hydrogens is 208 g/mol. The van der Waals surface area contributed by atoms with Gasteiger partial charge in [-0.3, -0.25) is 0 Å². The Morgan fingerprint density at radius 1 is 1.12 bits per heavy atom. The second-order valence-corrected chi connectivity index (χ2v) is 5.27. The van der Waals surface area contributed by atoms with Crippen molar-refractivity contribution in [3.63, 3.8) is 0 Å². The second kappa shape index (κ2) is 6.06. The molecule has 1 fully saturated rings. The standard InChI is InChI=1S/C15H24N2/c1-13(2)17-11-6-9-15(10-12-17)16-14-7-4-3-5-8-14/h3-5,7-8,13,15-16H,6,9-12H2,1-2H3. The number of nitrogens with one attached hydrogen (secondary N) is 1. The number of anilines is 1. The number of hydrogen-bond donors (Lipinski definition) is 1. The third kappa shape index (κ3) is 3.74. The number of likely N-dealkylation sites (tertiary alicyclic amines) is 1. The summed E-state index contributed by atoms with van der Waals surface area (Å²) < 4.78 is 0. The lowest BCUT2D eigenvalue weighted by atomic mass is 10.1. The summed E-state index contributed by atoms with van der Waals surface area (Å²) in [7, 11) is 0. The molecule has 1 aliphatic heterocycles. The molecule has 0 saturated carbocycles. The van der Waals surface area contributed by atoms with Crippen molar-refractivity contribution >= 4 is 5.69 Å². The Balaban J connectivity index is 1.87.